The van der Waals surface area contributed by atoms with Crippen molar-refractivity contribution in [1.82, 2.24) is 9.88 Å². The molecule has 3 rings (SSSR count). The normalized spacial score (nSPS) is 13.9. The van der Waals surface area contributed by atoms with Crippen LogP contribution in [0.5, 0.6) is 5.75 Å². The van der Waals surface area contributed by atoms with Crippen molar-refractivity contribution >= 4 is 23.3 Å². The number of rotatable bonds is 5. The van der Waals surface area contributed by atoms with E-state index in [0.717, 1.165) is 37.1 Å². The number of ether oxygens (including phenoxy) is 1. The fourth-order valence-electron chi connectivity index (χ4n) is 3.36. The van der Waals surface area contributed by atoms with Gasteiger partial charge in [-0.15, -0.1) is 0 Å². The summed E-state index contributed by atoms with van der Waals surface area (Å²) < 4.78 is 5.80. The molecule has 0 spiro atoms. The predicted molar refractivity (Wildman–Crippen MR) is 108 cm³/mol. The summed E-state index contributed by atoms with van der Waals surface area (Å²) in [5, 5.41) is 2.79. The third-order valence-corrected chi connectivity index (χ3v) is 4.82. The van der Waals surface area contributed by atoms with Gasteiger partial charge in [0.1, 0.15) is 11.6 Å². The first kappa shape index (κ1) is 19.7. The van der Waals surface area contributed by atoms with Crippen molar-refractivity contribution in [3.63, 3.8) is 0 Å². The van der Waals surface area contributed by atoms with E-state index in [4.69, 9.17) is 10.5 Å². The van der Waals surface area contributed by atoms with Crippen LogP contribution in [0, 0.1) is 13.8 Å². The van der Waals surface area contributed by atoms with Gasteiger partial charge in [-0.3, -0.25) is 9.59 Å². The molecule has 148 valence electrons. The molecule has 0 aliphatic carbocycles. The summed E-state index contributed by atoms with van der Waals surface area (Å²) in [7, 11) is 0. The number of carbonyl (C=O) groups excluding carboxylic acids is 2. The molecule has 1 aliphatic rings. The van der Waals surface area contributed by atoms with Gasteiger partial charge in [0.15, 0.2) is 6.61 Å². The van der Waals surface area contributed by atoms with Crippen molar-refractivity contribution in [1.29, 1.82) is 0 Å². The molecule has 0 unspecified atom stereocenters. The van der Waals surface area contributed by atoms with E-state index < -0.39 is 0 Å². The summed E-state index contributed by atoms with van der Waals surface area (Å²) in [4.78, 5) is 30.7. The third kappa shape index (κ3) is 4.79. The Balaban J connectivity index is 1.65. The minimum absolute atomic E-state index is 0.0103. The number of hydrogen-bond donors (Lipinski definition) is 2. The van der Waals surface area contributed by atoms with Crippen LogP contribution in [0.15, 0.2) is 30.5 Å². The number of aryl methyl sites for hydroxylation is 2. The molecular formula is C21H26N4O3. The average molecular weight is 382 g/mol. The predicted octanol–water partition coefficient (Wildman–Crippen LogP) is 2.92. The van der Waals surface area contributed by atoms with Crippen LogP contribution in [0.1, 0.15) is 40.7 Å². The molecule has 0 saturated carbocycles. The number of carbonyl (C=O) groups is 2. The number of benzene rings is 1. The van der Waals surface area contributed by atoms with Gasteiger partial charge in [0.25, 0.3) is 11.8 Å². The topological polar surface area (TPSA) is 97.5 Å². The minimum atomic E-state index is -0.242. The second kappa shape index (κ2) is 8.73. The molecule has 2 heterocycles. The fourth-order valence-corrected chi connectivity index (χ4v) is 3.36. The summed E-state index contributed by atoms with van der Waals surface area (Å²) in [5.74, 6) is 0.811. The Morgan fingerprint density at radius 3 is 2.43 bits per heavy atom. The Hall–Kier alpha value is -3.09. The highest BCUT2D eigenvalue weighted by Crippen LogP contribution is 2.25. The lowest BCUT2D eigenvalue weighted by atomic mass is 10.0. The summed E-state index contributed by atoms with van der Waals surface area (Å²) in [6.07, 6.45) is 4.80. The number of aromatic nitrogens is 1. The number of hydrogen-bond acceptors (Lipinski definition) is 5. The van der Waals surface area contributed by atoms with Crippen molar-refractivity contribution in [2.45, 2.75) is 33.1 Å². The largest absolute Gasteiger partial charge is 0.483 e. The monoisotopic (exact) mass is 382 g/mol. The second-order valence-electron chi connectivity index (χ2n) is 7.10. The van der Waals surface area contributed by atoms with Crippen LogP contribution >= 0.6 is 0 Å². The fraction of sp³-hybridized carbons (Fsp3) is 0.381. The molecule has 7 nitrogen and oxygen atoms in total. The first-order chi connectivity index (χ1) is 13.4. The van der Waals surface area contributed by atoms with E-state index in [1.54, 1.807) is 24.3 Å². The van der Waals surface area contributed by atoms with Crippen LogP contribution in [0.2, 0.25) is 0 Å². The van der Waals surface area contributed by atoms with E-state index in [0.29, 0.717) is 22.8 Å². The molecule has 0 bridgehead atoms. The molecular weight excluding hydrogens is 356 g/mol. The maximum Gasteiger partial charge on any atom is 0.260 e. The van der Waals surface area contributed by atoms with Gasteiger partial charge in [0.05, 0.1) is 11.9 Å². The van der Waals surface area contributed by atoms with Crippen molar-refractivity contribution in [3.8, 4) is 5.75 Å². The smallest absolute Gasteiger partial charge is 0.260 e. The lowest BCUT2D eigenvalue weighted by Crippen LogP contribution is -2.38. The maximum atomic E-state index is 12.5. The van der Waals surface area contributed by atoms with E-state index in [-0.39, 0.29) is 18.4 Å². The number of anilines is 2. The number of nitrogens with zero attached hydrogens (tertiary/aromatic N) is 2. The van der Waals surface area contributed by atoms with Gasteiger partial charge >= 0.3 is 0 Å². The van der Waals surface area contributed by atoms with E-state index in [9.17, 15) is 9.59 Å². The Bertz CT molecular complexity index is 835. The second-order valence-corrected chi connectivity index (χ2v) is 7.10. The number of likely N-dealkylation sites (tertiary alicyclic amines) is 1. The van der Waals surface area contributed by atoms with E-state index >= 15 is 0 Å². The minimum Gasteiger partial charge on any atom is -0.483 e. The number of nitrogens with one attached hydrogen (secondary N) is 1. The number of nitrogens with two attached hydrogens (primary N) is 1. The molecule has 3 N–H and O–H groups in total. The SMILES string of the molecule is Cc1cc(C(=O)Nc2ccc(N)nc2)cc(C)c1OCC(=O)N1CCCCC1. The van der Waals surface area contributed by atoms with Gasteiger partial charge in [-0.05, 0) is 68.5 Å². The lowest BCUT2D eigenvalue weighted by Gasteiger charge is -2.26. The Kier molecular flexibility index (Phi) is 6.13. The Morgan fingerprint density at radius 1 is 1.14 bits per heavy atom. The van der Waals surface area contributed by atoms with Gasteiger partial charge in [-0.2, -0.15) is 0 Å². The Labute approximate surface area is 164 Å². The first-order valence-electron chi connectivity index (χ1n) is 9.49. The molecule has 7 heteroatoms. The van der Waals surface area contributed by atoms with Crippen LogP contribution in [0.4, 0.5) is 11.5 Å². The lowest BCUT2D eigenvalue weighted by molar-refractivity contribution is -0.134. The van der Waals surface area contributed by atoms with Crippen LogP contribution in [-0.4, -0.2) is 41.4 Å². The van der Waals surface area contributed by atoms with Gasteiger partial charge < -0.3 is 20.7 Å². The van der Waals surface area contributed by atoms with E-state index in [1.165, 1.54) is 12.6 Å². The number of amides is 2. The summed E-state index contributed by atoms with van der Waals surface area (Å²) in [5.41, 5.74) is 8.27. The highest BCUT2D eigenvalue weighted by atomic mass is 16.5. The van der Waals surface area contributed by atoms with Gasteiger partial charge in [-0.25, -0.2) is 4.98 Å². The van der Waals surface area contributed by atoms with Crippen LogP contribution < -0.4 is 15.8 Å². The zero-order valence-electron chi connectivity index (χ0n) is 16.3. The summed E-state index contributed by atoms with van der Waals surface area (Å²) in [6.45, 7) is 5.37. The zero-order valence-corrected chi connectivity index (χ0v) is 16.3. The average Bonchev–Trinajstić information content (AvgIpc) is 2.69. The van der Waals surface area contributed by atoms with Gasteiger partial charge in [0, 0.05) is 18.7 Å². The quantitative estimate of drug-likeness (QED) is 0.829. The van der Waals surface area contributed by atoms with Crippen molar-refractivity contribution in [2.24, 2.45) is 0 Å². The van der Waals surface area contributed by atoms with E-state index in [1.807, 2.05) is 18.7 Å². The molecule has 1 aromatic heterocycles. The van der Waals surface area contributed by atoms with Gasteiger partial charge in [-0.1, -0.05) is 0 Å². The standard InChI is InChI=1S/C21H26N4O3/c1-14-10-16(21(27)24-17-6-7-18(22)23-12-17)11-15(2)20(14)28-13-19(26)25-8-4-3-5-9-25/h6-7,10-12H,3-5,8-9,13H2,1-2H3,(H2,22,23)(H,24,27). The first-order valence-corrected chi connectivity index (χ1v) is 9.49. The van der Waals surface area contributed by atoms with Crippen LogP contribution in [-0.2, 0) is 4.79 Å². The molecule has 0 atom stereocenters. The zero-order chi connectivity index (χ0) is 20.1. The van der Waals surface area contributed by atoms with Crippen LogP contribution in [0.3, 0.4) is 0 Å². The number of nitrogen functional groups attached to an aromatic ring is 1. The van der Waals surface area contributed by atoms with E-state index in [2.05, 4.69) is 10.3 Å². The molecule has 2 aromatic rings. The van der Waals surface area contributed by atoms with Crippen molar-refractivity contribution < 1.29 is 14.3 Å². The third-order valence-electron chi connectivity index (χ3n) is 4.82. The molecule has 1 fully saturated rings. The maximum absolute atomic E-state index is 12.5. The molecule has 1 saturated heterocycles. The molecule has 1 aliphatic heterocycles. The highest BCUT2D eigenvalue weighted by molar-refractivity contribution is 6.04. The van der Waals surface area contributed by atoms with Crippen LogP contribution in [0.25, 0.3) is 0 Å². The summed E-state index contributed by atoms with van der Waals surface area (Å²) in [6, 6.07) is 6.84. The molecule has 1 aromatic carbocycles. The number of piperidine rings is 1. The van der Waals surface area contributed by atoms with Crippen molar-refractivity contribution in [2.75, 3.05) is 30.7 Å². The molecule has 2 amide bonds. The molecule has 28 heavy (non-hydrogen) atoms. The van der Waals surface area contributed by atoms with Crippen molar-refractivity contribution in [3.05, 3.63) is 47.2 Å². The Morgan fingerprint density at radius 2 is 1.82 bits per heavy atom. The number of pyridine rings is 1. The molecule has 0 radical (unpaired) electrons. The van der Waals surface area contributed by atoms with Gasteiger partial charge in [0.2, 0.25) is 0 Å². The summed E-state index contributed by atoms with van der Waals surface area (Å²) >= 11 is 0. The highest BCUT2D eigenvalue weighted by Gasteiger charge is 2.18.